The fraction of sp³-hybridized carbons (Fsp3) is 0.429. The second-order valence-corrected chi connectivity index (χ2v) is 5.65. The second kappa shape index (κ2) is 6.35. The predicted octanol–water partition coefficient (Wildman–Crippen LogP) is 3.00. The summed E-state index contributed by atoms with van der Waals surface area (Å²) < 4.78 is 0. The van der Waals surface area contributed by atoms with Gasteiger partial charge in [-0.2, -0.15) is 0 Å². The van der Waals surface area contributed by atoms with Gasteiger partial charge < -0.3 is 10.6 Å². The summed E-state index contributed by atoms with van der Waals surface area (Å²) in [5, 5.41) is 0.649. The number of amides is 1. The monoisotopic (exact) mass is 298 g/mol. The van der Waals surface area contributed by atoms with Gasteiger partial charge in [-0.05, 0) is 25.0 Å². The first kappa shape index (κ1) is 15.9. The van der Waals surface area contributed by atoms with Crippen molar-refractivity contribution in [3.63, 3.8) is 0 Å². The molecule has 3 nitrogen and oxygen atoms in total. The van der Waals surface area contributed by atoms with Crippen LogP contribution in [0.3, 0.4) is 0 Å². The van der Waals surface area contributed by atoms with Gasteiger partial charge in [0.15, 0.2) is 0 Å². The van der Waals surface area contributed by atoms with E-state index in [2.05, 4.69) is 0 Å². The highest BCUT2D eigenvalue weighted by molar-refractivity contribution is 7.80. The molecule has 0 aliphatic heterocycles. The van der Waals surface area contributed by atoms with Crippen molar-refractivity contribution >= 4 is 34.7 Å². The number of hydrogen-bond acceptors (Lipinski definition) is 2. The van der Waals surface area contributed by atoms with Gasteiger partial charge in [0.05, 0.1) is 10.4 Å². The molecular formula is C14H19ClN2OS. The van der Waals surface area contributed by atoms with Gasteiger partial charge in [-0.25, -0.2) is 0 Å². The number of thiocarbonyl (C=S) groups is 1. The first-order chi connectivity index (χ1) is 8.82. The zero-order valence-electron chi connectivity index (χ0n) is 11.4. The molecule has 0 aliphatic carbocycles. The number of nitrogens with two attached hydrogens (primary N) is 1. The minimum Gasteiger partial charge on any atom is -0.392 e. The van der Waals surface area contributed by atoms with Gasteiger partial charge in [-0.3, -0.25) is 4.79 Å². The lowest BCUT2D eigenvalue weighted by atomic mass is 9.86. The van der Waals surface area contributed by atoms with Crippen LogP contribution in [-0.2, 0) is 11.3 Å². The summed E-state index contributed by atoms with van der Waals surface area (Å²) in [6.07, 6.45) is 0.577. The molecule has 0 bridgehead atoms. The van der Waals surface area contributed by atoms with Crippen molar-refractivity contribution in [2.45, 2.75) is 26.8 Å². The SMILES string of the molecule is CCC(C)(C(=O)N(C)Cc1ccccc1Cl)C(N)=S. The number of rotatable bonds is 5. The van der Waals surface area contributed by atoms with Crippen molar-refractivity contribution < 1.29 is 4.79 Å². The number of carbonyl (C=O) groups is 1. The van der Waals surface area contributed by atoms with Crippen molar-refractivity contribution in [2.75, 3.05) is 7.05 Å². The lowest BCUT2D eigenvalue weighted by Gasteiger charge is -2.31. The third-order valence-electron chi connectivity index (χ3n) is 3.44. The van der Waals surface area contributed by atoms with Gasteiger partial charge in [-0.1, -0.05) is 48.9 Å². The van der Waals surface area contributed by atoms with Gasteiger partial charge in [-0.15, -0.1) is 0 Å². The molecule has 1 unspecified atom stereocenters. The second-order valence-electron chi connectivity index (χ2n) is 4.80. The first-order valence-electron chi connectivity index (χ1n) is 6.11. The van der Waals surface area contributed by atoms with Gasteiger partial charge in [0.1, 0.15) is 0 Å². The minimum atomic E-state index is -0.800. The van der Waals surface area contributed by atoms with Crippen LogP contribution in [0.25, 0.3) is 0 Å². The summed E-state index contributed by atoms with van der Waals surface area (Å²) in [6.45, 7) is 4.12. The van der Waals surface area contributed by atoms with E-state index in [0.717, 1.165) is 5.56 Å². The molecule has 1 aromatic carbocycles. The van der Waals surface area contributed by atoms with Crippen LogP contribution in [-0.4, -0.2) is 22.8 Å². The summed E-state index contributed by atoms with van der Waals surface area (Å²) in [5.74, 6) is -0.0811. The molecule has 0 radical (unpaired) electrons. The van der Waals surface area contributed by atoms with Crippen molar-refractivity contribution in [2.24, 2.45) is 11.1 Å². The fourth-order valence-electron chi connectivity index (χ4n) is 1.81. The van der Waals surface area contributed by atoms with Gasteiger partial charge in [0.25, 0.3) is 0 Å². The molecule has 0 aromatic heterocycles. The number of benzene rings is 1. The van der Waals surface area contributed by atoms with Crippen LogP contribution in [0.2, 0.25) is 5.02 Å². The van der Waals surface area contributed by atoms with E-state index in [1.807, 2.05) is 31.2 Å². The van der Waals surface area contributed by atoms with Crippen molar-refractivity contribution in [3.05, 3.63) is 34.9 Å². The Morgan fingerprint density at radius 3 is 2.53 bits per heavy atom. The number of nitrogens with zero attached hydrogens (tertiary/aromatic N) is 1. The maximum atomic E-state index is 12.5. The van der Waals surface area contributed by atoms with Crippen LogP contribution in [0.1, 0.15) is 25.8 Å². The Morgan fingerprint density at radius 2 is 2.05 bits per heavy atom. The highest BCUT2D eigenvalue weighted by Crippen LogP contribution is 2.26. The number of carbonyl (C=O) groups excluding carboxylic acids is 1. The van der Waals surface area contributed by atoms with E-state index in [9.17, 15) is 4.79 Å². The van der Waals surface area contributed by atoms with Crippen molar-refractivity contribution in [3.8, 4) is 0 Å². The third-order valence-corrected chi connectivity index (χ3v) is 4.25. The predicted molar refractivity (Wildman–Crippen MR) is 83.1 cm³/mol. The lowest BCUT2D eigenvalue weighted by molar-refractivity contribution is -0.136. The molecule has 2 N–H and O–H groups in total. The summed E-state index contributed by atoms with van der Waals surface area (Å²) in [6, 6.07) is 7.46. The highest BCUT2D eigenvalue weighted by atomic mass is 35.5. The number of hydrogen-bond donors (Lipinski definition) is 1. The molecule has 0 spiro atoms. The smallest absolute Gasteiger partial charge is 0.235 e. The minimum absolute atomic E-state index is 0.0811. The zero-order chi connectivity index (χ0) is 14.6. The van der Waals surface area contributed by atoms with Crippen LogP contribution in [0, 0.1) is 5.41 Å². The molecular weight excluding hydrogens is 280 g/mol. The summed E-state index contributed by atoms with van der Waals surface area (Å²) in [4.78, 5) is 14.3. The third kappa shape index (κ3) is 3.45. The Kier molecular flexibility index (Phi) is 5.32. The molecule has 1 rings (SSSR count). The van der Waals surface area contributed by atoms with Crippen LogP contribution in [0.5, 0.6) is 0 Å². The van der Waals surface area contributed by atoms with E-state index >= 15 is 0 Å². The lowest BCUT2D eigenvalue weighted by Crippen LogP contribution is -2.47. The molecule has 104 valence electrons. The summed E-state index contributed by atoms with van der Waals surface area (Å²) in [5.41, 5.74) is 5.81. The Balaban J connectivity index is 2.90. The van der Waals surface area contributed by atoms with Gasteiger partial charge in [0.2, 0.25) is 5.91 Å². The molecule has 0 fully saturated rings. The Morgan fingerprint density at radius 1 is 1.47 bits per heavy atom. The fourth-order valence-corrected chi connectivity index (χ4v) is 2.23. The van der Waals surface area contributed by atoms with Crippen molar-refractivity contribution in [1.29, 1.82) is 0 Å². The van der Waals surface area contributed by atoms with E-state index in [4.69, 9.17) is 29.6 Å². The Hall–Kier alpha value is -1.13. The van der Waals surface area contributed by atoms with Crippen LogP contribution >= 0.6 is 23.8 Å². The van der Waals surface area contributed by atoms with E-state index in [1.54, 1.807) is 18.9 Å². The average Bonchev–Trinajstić information content (AvgIpc) is 2.39. The topological polar surface area (TPSA) is 46.3 Å². The molecule has 0 saturated carbocycles. The van der Waals surface area contributed by atoms with Crippen molar-refractivity contribution in [1.82, 2.24) is 4.90 Å². The van der Waals surface area contributed by atoms with E-state index < -0.39 is 5.41 Å². The van der Waals surface area contributed by atoms with Crippen LogP contribution in [0.15, 0.2) is 24.3 Å². The molecule has 0 heterocycles. The molecule has 1 aromatic rings. The first-order valence-corrected chi connectivity index (χ1v) is 6.90. The standard InChI is InChI=1S/C14H19ClN2OS/c1-4-14(2,12(16)19)13(18)17(3)9-10-7-5-6-8-11(10)15/h5-8H,4,9H2,1-3H3,(H2,16,19). The molecule has 19 heavy (non-hydrogen) atoms. The number of halogens is 1. The zero-order valence-corrected chi connectivity index (χ0v) is 13.0. The maximum Gasteiger partial charge on any atom is 0.235 e. The van der Waals surface area contributed by atoms with E-state index in [1.165, 1.54) is 0 Å². The molecule has 1 amide bonds. The van der Waals surface area contributed by atoms with Crippen LogP contribution < -0.4 is 5.73 Å². The van der Waals surface area contributed by atoms with Gasteiger partial charge in [0, 0.05) is 18.6 Å². The highest BCUT2D eigenvalue weighted by Gasteiger charge is 2.36. The molecule has 0 saturated heterocycles. The maximum absolute atomic E-state index is 12.5. The summed E-state index contributed by atoms with van der Waals surface area (Å²) >= 11 is 11.1. The van der Waals surface area contributed by atoms with E-state index in [0.29, 0.717) is 18.0 Å². The van der Waals surface area contributed by atoms with Gasteiger partial charge >= 0.3 is 0 Å². The largest absolute Gasteiger partial charge is 0.392 e. The average molecular weight is 299 g/mol. The van der Waals surface area contributed by atoms with E-state index in [-0.39, 0.29) is 10.9 Å². The summed E-state index contributed by atoms with van der Waals surface area (Å²) in [7, 11) is 1.73. The molecule has 5 heteroatoms. The Bertz CT molecular complexity index is 492. The molecule has 1 atom stereocenters. The molecule has 0 aliphatic rings. The quantitative estimate of drug-likeness (QED) is 0.850. The van der Waals surface area contributed by atoms with Crippen LogP contribution in [0.4, 0.5) is 0 Å². The Labute approximate surface area is 124 Å². The normalized spacial score (nSPS) is 13.7.